The van der Waals surface area contributed by atoms with E-state index in [-0.39, 0.29) is 16.8 Å². The van der Waals surface area contributed by atoms with Crippen molar-refractivity contribution >= 4 is 23.0 Å². The first kappa shape index (κ1) is 13.1. The second kappa shape index (κ2) is 5.12. The van der Waals surface area contributed by atoms with Crippen LogP contribution in [0.4, 0.5) is 11.4 Å². The van der Waals surface area contributed by atoms with Crippen molar-refractivity contribution in [1.82, 2.24) is 0 Å². The number of nitro groups is 1. The molecule has 1 aliphatic heterocycles. The summed E-state index contributed by atoms with van der Waals surface area (Å²) in [6.45, 7) is 3.61. The highest BCUT2D eigenvalue weighted by atomic mass is 35.5. The number of nitrogens with two attached hydrogens (primary N) is 1. The summed E-state index contributed by atoms with van der Waals surface area (Å²) in [7, 11) is 0. The number of nitro benzene ring substituents is 1. The number of hydrogen-bond acceptors (Lipinski definition) is 4. The lowest BCUT2D eigenvalue weighted by Crippen LogP contribution is -2.39. The van der Waals surface area contributed by atoms with Gasteiger partial charge < -0.3 is 10.6 Å². The molecule has 1 fully saturated rings. The molecule has 1 saturated heterocycles. The van der Waals surface area contributed by atoms with Crippen molar-refractivity contribution in [2.24, 2.45) is 5.73 Å². The molecule has 1 heterocycles. The third-order valence-electron chi connectivity index (χ3n) is 3.34. The van der Waals surface area contributed by atoms with E-state index in [0.717, 1.165) is 37.2 Å². The van der Waals surface area contributed by atoms with Crippen LogP contribution in [0.25, 0.3) is 0 Å². The van der Waals surface area contributed by atoms with E-state index in [0.29, 0.717) is 0 Å². The molecule has 0 aromatic heterocycles. The van der Waals surface area contributed by atoms with E-state index in [1.54, 1.807) is 6.07 Å². The maximum Gasteiger partial charge on any atom is 0.288 e. The van der Waals surface area contributed by atoms with Crippen molar-refractivity contribution in [1.29, 1.82) is 0 Å². The fraction of sp³-hybridized carbons (Fsp3) is 0.500. The van der Waals surface area contributed by atoms with Crippen molar-refractivity contribution in [3.05, 3.63) is 32.8 Å². The Morgan fingerprint density at radius 2 is 2.06 bits per heavy atom. The molecule has 1 aromatic rings. The smallest absolute Gasteiger partial charge is 0.288 e. The van der Waals surface area contributed by atoms with Crippen LogP contribution in [0, 0.1) is 17.0 Å². The molecule has 18 heavy (non-hydrogen) atoms. The first-order chi connectivity index (χ1) is 8.49. The molecule has 0 unspecified atom stereocenters. The minimum atomic E-state index is -0.453. The fourth-order valence-electron chi connectivity index (χ4n) is 2.28. The molecule has 0 radical (unpaired) electrons. The number of hydrogen-bond donors (Lipinski definition) is 1. The first-order valence-corrected chi connectivity index (χ1v) is 6.32. The van der Waals surface area contributed by atoms with Gasteiger partial charge in [0.05, 0.1) is 4.92 Å². The van der Waals surface area contributed by atoms with Crippen molar-refractivity contribution in [2.75, 3.05) is 18.0 Å². The summed E-state index contributed by atoms with van der Waals surface area (Å²) in [5.41, 5.74) is 7.68. The molecule has 0 aliphatic carbocycles. The van der Waals surface area contributed by atoms with Crippen LogP contribution in [0.3, 0.4) is 0 Å². The van der Waals surface area contributed by atoms with Crippen LogP contribution in [-0.2, 0) is 0 Å². The minimum Gasteiger partial charge on any atom is -0.371 e. The van der Waals surface area contributed by atoms with Gasteiger partial charge in [0.25, 0.3) is 5.69 Å². The Balaban J connectivity index is 2.29. The Hall–Kier alpha value is -1.33. The van der Waals surface area contributed by atoms with Gasteiger partial charge in [0.2, 0.25) is 0 Å². The van der Waals surface area contributed by atoms with E-state index in [1.807, 2.05) is 6.92 Å². The average molecular weight is 270 g/mol. The normalized spacial score (nSPS) is 16.9. The number of nitrogens with zero attached hydrogens (tertiary/aromatic N) is 2. The minimum absolute atomic E-state index is 0.0355. The molecule has 1 aromatic carbocycles. The van der Waals surface area contributed by atoms with Gasteiger partial charge in [-0.1, -0.05) is 11.6 Å². The molecule has 0 saturated carbocycles. The molecule has 0 spiro atoms. The molecule has 0 atom stereocenters. The molecule has 0 bridgehead atoms. The standard InChI is InChI=1S/C12H16ClN3O2/c1-8-6-12(16(17)18)10(13)7-11(8)15-4-2-9(14)3-5-15/h6-7,9H,2-5,14H2,1H3. The summed E-state index contributed by atoms with van der Waals surface area (Å²) in [5, 5.41) is 11.0. The van der Waals surface area contributed by atoms with Crippen LogP contribution in [0.5, 0.6) is 0 Å². The van der Waals surface area contributed by atoms with Crippen molar-refractivity contribution in [2.45, 2.75) is 25.8 Å². The lowest BCUT2D eigenvalue weighted by Gasteiger charge is -2.33. The Kier molecular flexibility index (Phi) is 3.73. The molecule has 2 rings (SSSR count). The second-order valence-corrected chi connectivity index (χ2v) is 5.08. The third kappa shape index (κ3) is 2.57. The van der Waals surface area contributed by atoms with Gasteiger partial charge in [-0.05, 0) is 31.4 Å². The molecule has 5 nitrogen and oxygen atoms in total. The topological polar surface area (TPSA) is 72.4 Å². The van der Waals surface area contributed by atoms with Crippen LogP contribution in [0.2, 0.25) is 5.02 Å². The van der Waals surface area contributed by atoms with Gasteiger partial charge in [-0.3, -0.25) is 10.1 Å². The lowest BCUT2D eigenvalue weighted by atomic mass is 10.0. The quantitative estimate of drug-likeness (QED) is 0.661. The van der Waals surface area contributed by atoms with E-state index in [9.17, 15) is 10.1 Å². The zero-order valence-corrected chi connectivity index (χ0v) is 11.0. The predicted molar refractivity (Wildman–Crippen MR) is 72.3 cm³/mol. The largest absolute Gasteiger partial charge is 0.371 e. The summed E-state index contributed by atoms with van der Waals surface area (Å²) in [6.07, 6.45) is 1.88. The van der Waals surface area contributed by atoms with Crippen molar-refractivity contribution in [3.63, 3.8) is 0 Å². The Morgan fingerprint density at radius 1 is 1.44 bits per heavy atom. The fourth-order valence-corrected chi connectivity index (χ4v) is 2.50. The maximum absolute atomic E-state index is 10.8. The molecular formula is C12H16ClN3O2. The van der Waals surface area contributed by atoms with Crippen molar-refractivity contribution < 1.29 is 4.92 Å². The van der Waals surface area contributed by atoms with Gasteiger partial charge in [-0.2, -0.15) is 0 Å². The Bertz CT molecular complexity index is 471. The van der Waals surface area contributed by atoms with Gasteiger partial charge in [0.1, 0.15) is 5.02 Å². The van der Waals surface area contributed by atoms with E-state index in [1.165, 1.54) is 6.07 Å². The van der Waals surface area contributed by atoms with Gasteiger partial charge in [0.15, 0.2) is 0 Å². The number of piperidine rings is 1. The number of halogens is 1. The highest BCUT2D eigenvalue weighted by Crippen LogP contribution is 2.33. The van der Waals surface area contributed by atoms with E-state index < -0.39 is 4.92 Å². The Morgan fingerprint density at radius 3 is 2.61 bits per heavy atom. The SMILES string of the molecule is Cc1cc([N+](=O)[O-])c(Cl)cc1N1CCC(N)CC1. The predicted octanol–water partition coefficient (Wildman–Crippen LogP) is 2.48. The van der Waals surface area contributed by atoms with Gasteiger partial charge in [-0.25, -0.2) is 0 Å². The second-order valence-electron chi connectivity index (χ2n) is 4.67. The van der Waals surface area contributed by atoms with Crippen LogP contribution >= 0.6 is 11.6 Å². The lowest BCUT2D eigenvalue weighted by molar-refractivity contribution is -0.384. The highest BCUT2D eigenvalue weighted by molar-refractivity contribution is 6.33. The molecule has 1 aliphatic rings. The van der Waals surface area contributed by atoms with Crippen LogP contribution in [0.15, 0.2) is 12.1 Å². The van der Waals surface area contributed by atoms with Crippen LogP contribution < -0.4 is 10.6 Å². The summed E-state index contributed by atoms with van der Waals surface area (Å²) in [5.74, 6) is 0. The van der Waals surface area contributed by atoms with Gasteiger partial charge in [0, 0.05) is 30.9 Å². The first-order valence-electron chi connectivity index (χ1n) is 5.94. The number of aryl methyl sites for hydroxylation is 1. The summed E-state index contributed by atoms with van der Waals surface area (Å²) >= 11 is 5.95. The maximum atomic E-state index is 10.8. The number of anilines is 1. The van der Waals surface area contributed by atoms with Gasteiger partial charge in [-0.15, -0.1) is 0 Å². The molecule has 98 valence electrons. The van der Waals surface area contributed by atoms with E-state index in [4.69, 9.17) is 17.3 Å². The van der Waals surface area contributed by atoms with Crippen LogP contribution in [-0.4, -0.2) is 24.1 Å². The molecule has 2 N–H and O–H groups in total. The summed E-state index contributed by atoms with van der Waals surface area (Å²) < 4.78 is 0. The molecule has 0 amide bonds. The van der Waals surface area contributed by atoms with Crippen LogP contribution in [0.1, 0.15) is 18.4 Å². The summed E-state index contributed by atoms with van der Waals surface area (Å²) in [6, 6.07) is 3.48. The Labute approximate surface area is 111 Å². The van der Waals surface area contributed by atoms with E-state index >= 15 is 0 Å². The zero-order chi connectivity index (χ0) is 13.3. The number of rotatable bonds is 2. The highest BCUT2D eigenvalue weighted by Gasteiger charge is 2.21. The number of benzene rings is 1. The summed E-state index contributed by atoms with van der Waals surface area (Å²) in [4.78, 5) is 12.5. The molecule has 6 heteroatoms. The average Bonchev–Trinajstić information content (AvgIpc) is 2.32. The molecular weight excluding hydrogens is 254 g/mol. The zero-order valence-electron chi connectivity index (χ0n) is 10.2. The van der Waals surface area contributed by atoms with Crippen molar-refractivity contribution in [3.8, 4) is 0 Å². The van der Waals surface area contributed by atoms with E-state index in [2.05, 4.69) is 4.90 Å². The monoisotopic (exact) mass is 269 g/mol. The third-order valence-corrected chi connectivity index (χ3v) is 3.65. The van der Waals surface area contributed by atoms with Gasteiger partial charge >= 0.3 is 0 Å².